The zero-order chi connectivity index (χ0) is 12.6. The van der Waals surface area contributed by atoms with E-state index in [-0.39, 0.29) is 0 Å². The average Bonchev–Trinajstić information content (AvgIpc) is 2.54. The van der Waals surface area contributed by atoms with Crippen molar-refractivity contribution < 1.29 is 0 Å². The molecule has 2 rings (SSSR count). The van der Waals surface area contributed by atoms with Crippen LogP contribution in [0.3, 0.4) is 0 Å². The Kier molecular flexibility index (Phi) is 3.01. The number of hydrogen-bond donors (Lipinski definition) is 0. The Balaban J connectivity index is 2.39. The molecule has 3 nitrogen and oxygen atoms in total. The highest BCUT2D eigenvalue weighted by molar-refractivity contribution is 5.60. The Morgan fingerprint density at radius 1 is 1.35 bits per heavy atom. The second-order valence-corrected chi connectivity index (χ2v) is 4.52. The van der Waals surface area contributed by atoms with Crippen molar-refractivity contribution >= 4 is 5.82 Å². The summed E-state index contributed by atoms with van der Waals surface area (Å²) in [7, 11) is 0. The van der Waals surface area contributed by atoms with Gasteiger partial charge in [0.25, 0.3) is 0 Å². The topological polar surface area (TPSA) is 29.0 Å². The van der Waals surface area contributed by atoms with Crippen LogP contribution in [0, 0.1) is 0 Å². The molecule has 0 amide bonds. The van der Waals surface area contributed by atoms with Crippen LogP contribution in [0.15, 0.2) is 35.8 Å². The molecular formula is C14H19N3. The lowest BCUT2D eigenvalue weighted by Gasteiger charge is -2.25. The molecule has 0 aliphatic carbocycles. The van der Waals surface area contributed by atoms with Crippen LogP contribution in [0.4, 0.5) is 5.82 Å². The molecule has 17 heavy (non-hydrogen) atoms. The number of rotatable bonds is 2. The van der Waals surface area contributed by atoms with Gasteiger partial charge in [-0.15, -0.1) is 0 Å². The van der Waals surface area contributed by atoms with E-state index in [1.165, 1.54) is 11.1 Å². The number of aryl methyl sites for hydroxylation is 1. The van der Waals surface area contributed by atoms with E-state index in [4.69, 9.17) is 0 Å². The predicted octanol–water partition coefficient (Wildman–Crippen LogP) is 3.10. The van der Waals surface area contributed by atoms with E-state index in [1.54, 1.807) is 0 Å². The number of nitrogens with zero attached hydrogens (tertiary/aromatic N) is 3. The minimum atomic E-state index is 0.323. The van der Waals surface area contributed by atoms with Crippen LogP contribution in [0.1, 0.15) is 33.4 Å². The summed E-state index contributed by atoms with van der Waals surface area (Å²) in [6.07, 6.45) is 4.54. The molecule has 3 heteroatoms. The lowest BCUT2D eigenvalue weighted by Crippen LogP contribution is -2.28. The van der Waals surface area contributed by atoms with Gasteiger partial charge in [0.2, 0.25) is 0 Å². The minimum Gasteiger partial charge on any atom is -0.319 e. The highest BCUT2D eigenvalue weighted by atomic mass is 15.2. The molecule has 0 spiro atoms. The largest absolute Gasteiger partial charge is 0.319 e. The Hall–Kier alpha value is -1.64. The summed E-state index contributed by atoms with van der Waals surface area (Å²) < 4.78 is 0. The first-order chi connectivity index (χ1) is 8.06. The molecule has 0 aromatic carbocycles. The van der Waals surface area contributed by atoms with Crippen LogP contribution in [0.2, 0.25) is 0 Å². The number of hydrogen-bond acceptors (Lipinski definition) is 3. The van der Waals surface area contributed by atoms with Gasteiger partial charge in [0.15, 0.2) is 5.82 Å². The van der Waals surface area contributed by atoms with E-state index < -0.39 is 0 Å². The van der Waals surface area contributed by atoms with Gasteiger partial charge in [0, 0.05) is 11.9 Å². The van der Waals surface area contributed by atoms with Gasteiger partial charge in [-0.05, 0) is 38.3 Å². The minimum absolute atomic E-state index is 0.323. The van der Waals surface area contributed by atoms with E-state index in [2.05, 4.69) is 49.1 Å². The molecule has 0 unspecified atom stereocenters. The van der Waals surface area contributed by atoms with E-state index in [0.717, 1.165) is 23.6 Å². The first-order valence-electron chi connectivity index (χ1n) is 6.03. The van der Waals surface area contributed by atoms with Crippen molar-refractivity contribution in [1.29, 1.82) is 0 Å². The maximum atomic E-state index is 4.62. The monoisotopic (exact) mass is 229 g/mol. The molecule has 0 fully saturated rings. The molecule has 0 saturated carbocycles. The summed E-state index contributed by atoms with van der Waals surface area (Å²) in [4.78, 5) is 11.0. The summed E-state index contributed by atoms with van der Waals surface area (Å²) in [6, 6.07) is 0.323. The first kappa shape index (κ1) is 11.8. The molecule has 1 aliphatic rings. The molecule has 0 radical (unpaired) electrons. The van der Waals surface area contributed by atoms with E-state index in [1.807, 2.05) is 12.4 Å². The van der Waals surface area contributed by atoms with Gasteiger partial charge < -0.3 is 4.90 Å². The maximum absolute atomic E-state index is 4.62. The van der Waals surface area contributed by atoms with Crippen molar-refractivity contribution in [2.45, 2.75) is 40.2 Å². The standard InChI is InChI=1S/C14H19N3/c1-6-13-7-15-8-14(16-13)17-11(4)9(2)10(3)12(17)5/h7-8,12H,4,6H2,1-3,5H3/t12-/m0/s1. The van der Waals surface area contributed by atoms with Crippen molar-refractivity contribution in [1.82, 2.24) is 9.97 Å². The van der Waals surface area contributed by atoms with Gasteiger partial charge in [-0.1, -0.05) is 13.5 Å². The lowest BCUT2D eigenvalue weighted by atomic mass is 10.1. The van der Waals surface area contributed by atoms with Gasteiger partial charge >= 0.3 is 0 Å². The SMILES string of the molecule is C=C1C(C)=C(C)[C@H](C)N1c1cncc(CC)n1. The molecule has 0 N–H and O–H groups in total. The van der Waals surface area contributed by atoms with E-state index >= 15 is 0 Å². The van der Waals surface area contributed by atoms with Crippen molar-refractivity contribution in [2.75, 3.05) is 4.90 Å². The highest BCUT2D eigenvalue weighted by Crippen LogP contribution is 2.34. The Morgan fingerprint density at radius 2 is 2.06 bits per heavy atom. The van der Waals surface area contributed by atoms with E-state index in [0.29, 0.717) is 6.04 Å². The third kappa shape index (κ3) is 1.86. The second-order valence-electron chi connectivity index (χ2n) is 4.52. The summed E-state index contributed by atoms with van der Waals surface area (Å²) in [5, 5.41) is 0. The van der Waals surface area contributed by atoms with Crippen molar-refractivity contribution in [3.8, 4) is 0 Å². The third-order valence-corrected chi connectivity index (χ3v) is 3.61. The van der Waals surface area contributed by atoms with Crippen molar-refractivity contribution in [3.63, 3.8) is 0 Å². The molecule has 90 valence electrons. The summed E-state index contributed by atoms with van der Waals surface area (Å²) in [5.74, 6) is 0.901. The van der Waals surface area contributed by atoms with Gasteiger partial charge in [0.1, 0.15) is 0 Å². The van der Waals surface area contributed by atoms with Crippen LogP contribution in [-0.4, -0.2) is 16.0 Å². The molecule has 0 bridgehead atoms. The van der Waals surface area contributed by atoms with Crippen LogP contribution < -0.4 is 4.90 Å². The number of aromatic nitrogens is 2. The molecule has 0 saturated heterocycles. The maximum Gasteiger partial charge on any atom is 0.152 e. The van der Waals surface area contributed by atoms with Gasteiger partial charge in [-0.2, -0.15) is 0 Å². The normalized spacial score (nSPS) is 20.4. The zero-order valence-electron chi connectivity index (χ0n) is 11.0. The van der Waals surface area contributed by atoms with Crippen molar-refractivity contribution in [3.05, 3.63) is 41.5 Å². The third-order valence-electron chi connectivity index (χ3n) is 3.61. The van der Waals surface area contributed by atoms with Crippen LogP contribution in [-0.2, 0) is 6.42 Å². The molecular weight excluding hydrogens is 210 g/mol. The Bertz CT molecular complexity index is 488. The van der Waals surface area contributed by atoms with Crippen LogP contribution in [0.5, 0.6) is 0 Å². The van der Waals surface area contributed by atoms with Crippen molar-refractivity contribution in [2.24, 2.45) is 0 Å². The van der Waals surface area contributed by atoms with E-state index in [9.17, 15) is 0 Å². The Morgan fingerprint density at radius 3 is 2.59 bits per heavy atom. The number of allylic oxidation sites excluding steroid dienone is 1. The summed E-state index contributed by atoms with van der Waals surface area (Å²) >= 11 is 0. The van der Waals surface area contributed by atoms with Gasteiger partial charge in [-0.3, -0.25) is 4.98 Å². The Labute approximate surface area is 103 Å². The van der Waals surface area contributed by atoms with Crippen LogP contribution in [0.25, 0.3) is 0 Å². The average molecular weight is 229 g/mol. The van der Waals surface area contributed by atoms with Crippen LogP contribution >= 0.6 is 0 Å². The quantitative estimate of drug-likeness (QED) is 0.780. The second kappa shape index (κ2) is 4.32. The molecule has 1 aliphatic heterocycles. The fourth-order valence-electron chi connectivity index (χ4n) is 2.17. The molecule has 1 aromatic heterocycles. The summed E-state index contributed by atoms with van der Waals surface area (Å²) in [6.45, 7) is 12.7. The molecule has 1 atom stereocenters. The van der Waals surface area contributed by atoms with Gasteiger partial charge in [0.05, 0.1) is 17.9 Å². The molecule has 1 aromatic rings. The summed E-state index contributed by atoms with van der Waals surface area (Å²) in [5.41, 5.74) is 4.68. The molecule has 2 heterocycles. The first-order valence-corrected chi connectivity index (χ1v) is 6.03. The predicted molar refractivity (Wildman–Crippen MR) is 70.9 cm³/mol. The fraction of sp³-hybridized carbons (Fsp3) is 0.429. The van der Waals surface area contributed by atoms with Gasteiger partial charge in [-0.25, -0.2) is 4.98 Å². The lowest BCUT2D eigenvalue weighted by molar-refractivity contribution is 0.804. The zero-order valence-corrected chi connectivity index (χ0v) is 11.0. The number of anilines is 1. The highest BCUT2D eigenvalue weighted by Gasteiger charge is 2.29. The fourth-order valence-corrected chi connectivity index (χ4v) is 2.17. The smallest absolute Gasteiger partial charge is 0.152 e.